The number of furan rings is 1. The summed E-state index contributed by atoms with van der Waals surface area (Å²) >= 11 is 0. The molecule has 4 aromatic heterocycles. The highest BCUT2D eigenvalue weighted by atomic mass is 16.5. The molecule has 9 rings (SSSR count). The molecule has 2 unspecified atom stereocenters. The lowest BCUT2D eigenvalue weighted by molar-refractivity contribution is 0.0716. The number of ether oxygens (including phenoxy) is 2. The van der Waals surface area contributed by atoms with Gasteiger partial charge in [-0.1, -0.05) is 33.3 Å². The standard InChI is InChI=1S/C6H7N.C6H13N.C6H12O.C5H11N.C5H7N.C5H11N.C5H7N.C5H10O.C5H6O/c1-6-3-2-4-7-5-6;1-7-5-3-2-4-6-7;1-6-2-4-7-5-3-6;2*1-5-2-3-6-4-5;2*1-6-4-2-3-5-6;2*1-5-2-3-6-4-5/h2-5H,1H3;2-6H2,1H3;6H,2-5H2,1H3;5-6H,2-4H2,1H3;2-4,6H,1H3;2-5H2,1H3;2-5H,1H3;5H,2-4H2,1H3;2-4H,1H3. The molecule has 2 N–H and O–H groups in total. The third kappa shape index (κ3) is 34.5. The third-order valence-electron chi connectivity index (χ3n) is 9.86. The minimum Gasteiger partial charge on any atom is -0.472 e. The number of aromatic amines is 1. The van der Waals surface area contributed by atoms with Gasteiger partial charge in [0.1, 0.15) is 0 Å². The summed E-state index contributed by atoms with van der Waals surface area (Å²) in [5, 5.41) is 3.27. The van der Waals surface area contributed by atoms with Gasteiger partial charge < -0.3 is 38.6 Å². The molecule has 5 saturated heterocycles. The van der Waals surface area contributed by atoms with Crippen molar-refractivity contribution in [1.82, 2.24) is 29.7 Å². The normalized spacial score (nSPS) is 20.0. The van der Waals surface area contributed by atoms with Crippen molar-refractivity contribution in [1.29, 1.82) is 0 Å². The minimum absolute atomic E-state index is 0.824. The average molecular weight is 793 g/mol. The highest BCUT2D eigenvalue weighted by molar-refractivity contribution is 5.05. The summed E-state index contributed by atoms with van der Waals surface area (Å²) in [6, 6.07) is 11.9. The van der Waals surface area contributed by atoms with E-state index in [4.69, 9.17) is 13.9 Å². The minimum atomic E-state index is 0.824. The fourth-order valence-corrected chi connectivity index (χ4v) is 5.80. The van der Waals surface area contributed by atoms with Crippen LogP contribution in [-0.4, -0.2) is 104 Å². The topological polar surface area (TPSA) is 83.7 Å². The number of H-pyrrole nitrogens is 1. The first-order valence-electron chi connectivity index (χ1n) is 21.8. The van der Waals surface area contributed by atoms with E-state index >= 15 is 0 Å². The van der Waals surface area contributed by atoms with Gasteiger partial charge in [0.25, 0.3) is 0 Å². The van der Waals surface area contributed by atoms with Crippen molar-refractivity contribution in [2.24, 2.45) is 24.8 Å². The maximum atomic E-state index is 5.14. The van der Waals surface area contributed by atoms with Crippen LogP contribution in [0.25, 0.3) is 0 Å². The highest BCUT2D eigenvalue weighted by Crippen LogP contribution is 2.12. The molecule has 5 aliphatic heterocycles. The Hall–Kier alpha value is -3.21. The summed E-state index contributed by atoms with van der Waals surface area (Å²) in [4.78, 5) is 11.6. The number of piperidine rings is 1. The van der Waals surface area contributed by atoms with Gasteiger partial charge in [0.15, 0.2) is 0 Å². The quantitative estimate of drug-likeness (QED) is 0.183. The zero-order valence-corrected chi connectivity index (χ0v) is 37.8. The average Bonchev–Trinajstić information content (AvgIpc) is 4.07. The summed E-state index contributed by atoms with van der Waals surface area (Å²) in [6.07, 6.45) is 27.1. The van der Waals surface area contributed by atoms with Gasteiger partial charge in [-0.05, 0) is 190 Å². The molecule has 0 bridgehead atoms. The van der Waals surface area contributed by atoms with Crippen LogP contribution in [0.1, 0.15) is 95.2 Å². The Kier molecular flexibility index (Phi) is 32.6. The van der Waals surface area contributed by atoms with Crippen LogP contribution in [0.5, 0.6) is 0 Å². The molecule has 0 amide bonds. The molecule has 0 spiro atoms. The molecular weight excluding hydrogens is 709 g/mol. The third-order valence-corrected chi connectivity index (χ3v) is 9.86. The monoisotopic (exact) mass is 793 g/mol. The molecule has 0 aromatic carbocycles. The summed E-state index contributed by atoms with van der Waals surface area (Å²) in [6.45, 7) is 24.5. The van der Waals surface area contributed by atoms with E-state index in [-0.39, 0.29) is 0 Å². The Morgan fingerprint density at radius 1 is 0.649 bits per heavy atom. The number of nitrogens with zero attached hydrogens (tertiary/aromatic N) is 4. The maximum absolute atomic E-state index is 5.14. The fraction of sp³-hybridized carbons (Fsp3) is 0.646. The molecule has 57 heavy (non-hydrogen) atoms. The van der Waals surface area contributed by atoms with E-state index in [1.54, 1.807) is 18.7 Å². The number of hydrogen-bond donors (Lipinski definition) is 2. The van der Waals surface area contributed by atoms with E-state index in [1.807, 2.05) is 92.8 Å². The van der Waals surface area contributed by atoms with E-state index in [1.165, 1.54) is 114 Å². The van der Waals surface area contributed by atoms with Crippen LogP contribution in [0.15, 0.2) is 90.5 Å². The van der Waals surface area contributed by atoms with Crippen LogP contribution < -0.4 is 5.32 Å². The Morgan fingerprint density at radius 2 is 1.26 bits per heavy atom. The van der Waals surface area contributed by atoms with Crippen LogP contribution in [0.2, 0.25) is 0 Å². The van der Waals surface area contributed by atoms with Gasteiger partial charge in [0, 0.05) is 70.7 Å². The van der Waals surface area contributed by atoms with Crippen molar-refractivity contribution in [3.05, 3.63) is 103 Å². The van der Waals surface area contributed by atoms with Crippen molar-refractivity contribution in [2.45, 2.75) is 99.3 Å². The number of aromatic nitrogens is 3. The zero-order valence-electron chi connectivity index (χ0n) is 37.8. The van der Waals surface area contributed by atoms with Gasteiger partial charge in [-0.3, -0.25) is 4.98 Å². The van der Waals surface area contributed by atoms with Crippen LogP contribution >= 0.6 is 0 Å². The van der Waals surface area contributed by atoms with Gasteiger partial charge >= 0.3 is 0 Å². The molecule has 5 aliphatic rings. The first kappa shape index (κ1) is 51.8. The Balaban J connectivity index is 0.000000321. The molecule has 0 aliphatic carbocycles. The highest BCUT2D eigenvalue weighted by Gasteiger charge is 2.08. The molecule has 4 aromatic rings. The number of aryl methyl sites for hydroxylation is 4. The van der Waals surface area contributed by atoms with Crippen molar-refractivity contribution in [2.75, 3.05) is 79.8 Å². The van der Waals surface area contributed by atoms with Crippen LogP contribution in [-0.2, 0) is 16.5 Å². The molecule has 9 heterocycles. The second-order valence-corrected chi connectivity index (χ2v) is 16.3. The molecular formula is C48H84N6O3. The van der Waals surface area contributed by atoms with Gasteiger partial charge in [0.2, 0.25) is 0 Å². The van der Waals surface area contributed by atoms with Crippen molar-refractivity contribution in [3.8, 4) is 0 Å². The Morgan fingerprint density at radius 3 is 1.46 bits per heavy atom. The number of likely N-dealkylation sites (tertiary alicyclic amines) is 2. The lowest BCUT2D eigenvalue weighted by Gasteiger charge is -2.20. The first-order valence-corrected chi connectivity index (χ1v) is 21.8. The largest absolute Gasteiger partial charge is 0.472 e. The van der Waals surface area contributed by atoms with Crippen LogP contribution in [0, 0.1) is 38.5 Å². The molecule has 5 fully saturated rings. The number of nitrogens with one attached hydrogen (secondary N) is 2. The fourth-order valence-electron chi connectivity index (χ4n) is 5.80. The predicted octanol–water partition coefficient (Wildman–Crippen LogP) is 10.2. The van der Waals surface area contributed by atoms with E-state index in [9.17, 15) is 0 Å². The maximum Gasteiger partial charge on any atom is 0.0931 e. The van der Waals surface area contributed by atoms with Crippen molar-refractivity contribution < 1.29 is 13.9 Å². The smallest absolute Gasteiger partial charge is 0.0931 e. The van der Waals surface area contributed by atoms with E-state index < -0.39 is 0 Å². The molecule has 9 heteroatoms. The van der Waals surface area contributed by atoms with Crippen LogP contribution in [0.3, 0.4) is 0 Å². The second kappa shape index (κ2) is 35.9. The lowest BCUT2D eigenvalue weighted by atomic mass is 10.0. The first-order chi connectivity index (χ1) is 27.5. The predicted molar refractivity (Wildman–Crippen MR) is 242 cm³/mol. The summed E-state index contributed by atoms with van der Waals surface area (Å²) < 4.78 is 16.9. The zero-order chi connectivity index (χ0) is 41.8. The summed E-state index contributed by atoms with van der Waals surface area (Å²) in [7, 11) is 6.37. The summed E-state index contributed by atoms with van der Waals surface area (Å²) in [5.41, 5.74) is 3.67. The lowest BCUT2D eigenvalue weighted by Crippen LogP contribution is -2.24. The molecule has 0 radical (unpaired) electrons. The van der Waals surface area contributed by atoms with Gasteiger partial charge in [-0.2, -0.15) is 0 Å². The van der Waals surface area contributed by atoms with Crippen molar-refractivity contribution >= 4 is 0 Å². The Labute approximate surface area is 349 Å². The number of hydrogen-bond acceptors (Lipinski definition) is 7. The van der Waals surface area contributed by atoms with Crippen molar-refractivity contribution in [3.63, 3.8) is 0 Å². The molecule has 0 saturated carbocycles. The number of pyridine rings is 1. The van der Waals surface area contributed by atoms with E-state index in [2.05, 4.69) is 66.9 Å². The van der Waals surface area contributed by atoms with E-state index in [0.717, 1.165) is 44.2 Å². The van der Waals surface area contributed by atoms with Gasteiger partial charge in [0.05, 0.1) is 12.5 Å². The summed E-state index contributed by atoms with van der Waals surface area (Å²) in [5.74, 6) is 2.67. The number of rotatable bonds is 0. The molecule has 2 atom stereocenters. The van der Waals surface area contributed by atoms with Crippen LogP contribution in [0.4, 0.5) is 0 Å². The van der Waals surface area contributed by atoms with Gasteiger partial charge in [-0.25, -0.2) is 0 Å². The van der Waals surface area contributed by atoms with Gasteiger partial charge in [-0.15, -0.1) is 0 Å². The molecule has 9 nitrogen and oxygen atoms in total. The van der Waals surface area contributed by atoms with E-state index in [0.29, 0.717) is 0 Å². The molecule has 324 valence electrons. The Bertz CT molecular complexity index is 1180. The second-order valence-electron chi connectivity index (χ2n) is 16.3. The SMILES string of the molecule is CC1CCNC1.CC1CCOC1.CC1CCOCC1.CN1CCCC1.CN1CCCCC1.Cc1cc[nH]c1.Cc1cccnc1.Cc1ccoc1.Cn1cccc1.